The zero-order valence-corrected chi connectivity index (χ0v) is 12.4. The number of carbonyl (C=O) groups is 1. The number of halogens is 1. The first-order valence-corrected chi connectivity index (χ1v) is 6.58. The highest BCUT2D eigenvalue weighted by molar-refractivity contribution is 14.1. The van der Waals surface area contributed by atoms with Gasteiger partial charge in [-0.25, -0.2) is 0 Å². The van der Waals surface area contributed by atoms with Gasteiger partial charge >= 0.3 is 0 Å². The van der Waals surface area contributed by atoms with E-state index in [9.17, 15) is 4.79 Å². The summed E-state index contributed by atoms with van der Waals surface area (Å²) in [7, 11) is 0. The number of oxime groups is 1. The minimum absolute atomic E-state index is 0.00397. The van der Waals surface area contributed by atoms with Gasteiger partial charge in [0, 0.05) is 3.57 Å². The smallest absolute Gasteiger partial charge is 0.252 e. The third-order valence-electron chi connectivity index (χ3n) is 2.51. The molecule has 1 atom stereocenters. The number of hydrogen-bond acceptors (Lipinski definition) is 3. The molecule has 98 valence electrons. The van der Waals surface area contributed by atoms with Gasteiger partial charge in [0.25, 0.3) is 5.91 Å². The molecular formula is C12H16IN3O2. The normalized spacial score (nSPS) is 13.4. The van der Waals surface area contributed by atoms with Crippen LogP contribution in [0.15, 0.2) is 29.4 Å². The molecule has 0 aliphatic heterocycles. The van der Waals surface area contributed by atoms with Crippen LogP contribution < -0.4 is 11.1 Å². The third-order valence-corrected chi connectivity index (χ3v) is 3.45. The van der Waals surface area contributed by atoms with Crippen molar-refractivity contribution in [2.75, 3.05) is 0 Å². The van der Waals surface area contributed by atoms with E-state index in [-0.39, 0.29) is 17.7 Å². The standard InChI is InChI=1S/C12H16IN3O2/c1-7(2)10(11(14)16-18)15-12(17)8-5-3-4-6-9(8)13/h3-7,10,18H,1-2H3,(H2,14,16)(H,15,17). The molecule has 1 rings (SSSR count). The Balaban J connectivity index is 2.89. The first-order valence-electron chi connectivity index (χ1n) is 5.50. The maximum absolute atomic E-state index is 12.1. The van der Waals surface area contributed by atoms with Crippen molar-refractivity contribution in [1.82, 2.24) is 5.32 Å². The summed E-state index contributed by atoms with van der Waals surface area (Å²) < 4.78 is 0.856. The predicted molar refractivity (Wildman–Crippen MR) is 78.7 cm³/mol. The van der Waals surface area contributed by atoms with E-state index >= 15 is 0 Å². The Morgan fingerprint density at radius 3 is 2.56 bits per heavy atom. The van der Waals surface area contributed by atoms with E-state index in [1.54, 1.807) is 12.1 Å². The van der Waals surface area contributed by atoms with Crippen LogP contribution in [0.1, 0.15) is 24.2 Å². The Kier molecular flexibility index (Phi) is 5.39. The molecule has 18 heavy (non-hydrogen) atoms. The number of amides is 1. The van der Waals surface area contributed by atoms with Crippen LogP contribution in [-0.2, 0) is 0 Å². The Labute approximate surface area is 120 Å². The maximum Gasteiger partial charge on any atom is 0.252 e. The van der Waals surface area contributed by atoms with E-state index in [2.05, 4.69) is 33.1 Å². The fourth-order valence-electron chi connectivity index (χ4n) is 1.51. The minimum Gasteiger partial charge on any atom is -0.409 e. The summed E-state index contributed by atoms with van der Waals surface area (Å²) in [6.07, 6.45) is 0. The average molecular weight is 361 g/mol. The molecule has 0 aliphatic rings. The molecule has 0 spiro atoms. The molecule has 0 aromatic heterocycles. The summed E-state index contributed by atoms with van der Waals surface area (Å²) in [4.78, 5) is 12.1. The number of nitrogens with one attached hydrogen (secondary N) is 1. The number of nitrogens with zero attached hydrogens (tertiary/aromatic N) is 1. The molecular weight excluding hydrogens is 345 g/mol. The molecule has 1 aromatic carbocycles. The maximum atomic E-state index is 12.1. The van der Waals surface area contributed by atoms with Gasteiger partial charge in [0.05, 0.1) is 11.6 Å². The van der Waals surface area contributed by atoms with Crippen LogP contribution in [-0.4, -0.2) is 23.0 Å². The van der Waals surface area contributed by atoms with Crippen LogP contribution in [0.4, 0.5) is 0 Å². The molecule has 0 saturated heterocycles. The van der Waals surface area contributed by atoms with Crippen molar-refractivity contribution in [3.63, 3.8) is 0 Å². The lowest BCUT2D eigenvalue weighted by Crippen LogP contribution is -2.48. The molecule has 0 aliphatic carbocycles. The zero-order chi connectivity index (χ0) is 13.7. The van der Waals surface area contributed by atoms with Crippen molar-refractivity contribution < 1.29 is 10.0 Å². The van der Waals surface area contributed by atoms with Crippen LogP contribution >= 0.6 is 22.6 Å². The largest absolute Gasteiger partial charge is 0.409 e. The van der Waals surface area contributed by atoms with Crippen molar-refractivity contribution in [3.05, 3.63) is 33.4 Å². The highest BCUT2D eigenvalue weighted by Gasteiger charge is 2.22. The fourth-order valence-corrected chi connectivity index (χ4v) is 2.14. The van der Waals surface area contributed by atoms with Gasteiger partial charge in [-0.1, -0.05) is 31.1 Å². The van der Waals surface area contributed by atoms with Crippen molar-refractivity contribution in [1.29, 1.82) is 0 Å². The first-order chi connectivity index (χ1) is 8.47. The lowest BCUT2D eigenvalue weighted by molar-refractivity contribution is 0.0938. The number of hydrogen-bond donors (Lipinski definition) is 3. The second-order valence-corrected chi connectivity index (χ2v) is 5.36. The molecule has 6 heteroatoms. The van der Waals surface area contributed by atoms with E-state index < -0.39 is 6.04 Å². The van der Waals surface area contributed by atoms with Crippen molar-refractivity contribution in [2.24, 2.45) is 16.8 Å². The van der Waals surface area contributed by atoms with Crippen LogP contribution in [0, 0.1) is 9.49 Å². The van der Waals surface area contributed by atoms with Gasteiger partial charge in [-0.15, -0.1) is 0 Å². The summed E-state index contributed by atoms with van der Waals surface area (Å²) in [5.41, 5.74) is 6.14. The highest BCUT2D eigenvalue weighted by atomic mass is 127. The fraction of sp³-hybridized carbons (Fsp3) is 0.333. The minimum atomic E-state index is -0.487. The molecule has 1 unspecified atom stereocenters. The molecule has 0 bridgehead atoms. The Hall–Kier alpha value is -1.31. The number of nitrogens with two attached hydrogens (primary N) is 1. The van der Waals surface area contributed by atoms with Crippen LogP contribution in [0.3, 0.4) is 0 Å². The number of carbonyl (C=O) groups excluding carboxylic acids is 1. The molecule has 0 heterocycles. The molecule has 5 nitrogen and oxygen atoms in total. The Morgan fingerprint density at radius 2 is 2.06 bits per heavy atom. The predicted octanol–water partition coefficient (Wildman–Crippen LogP) is 1.79. The topological polar surface area (TPSA) is 87.7 Å². The van der Waals surface area contributed by atoms with Gasteiger partial charge in [-0.05, 0) is 40.6 Å². The second-order valence-electron chi connectivity index (χ2n) is 4.20. The SMILES string of the molecule is CC(C)C(NC(=O)c1ccccc1I)C(N)=NO. The monoisotopic (exact) mass is 361 g/mol. The van der Waals surface area contributed by atoms with E-state index in [4.69, 9.17) is 10.9 Å². The van der Waals surface area contributed by atoms with Gasteiger partial charge in [0.1, 0.15) is 0 Å². The number of benzene rings is 1. The lowest BCUT2D eigenvalue weighted by Gasteiger charge is -2.21. The number of rotatable bonds is 4. The first kappa shape index (κ1) is 14.7. The van der Waals surface area contributed by atoms with Gasteiger partial charge in [-0.3, -0.25) is 4.79 Å². The summed E-state index contributed by atoms with van der Waals surface area (Å²) in [5.74, 6) is -0.194. The van der Waals surface area contributed by atoms with Crippen molar-refractivity contribution in [3.8, 4) is 0 Å². The Morgan fingerprint density at radius 1 is 1.44 bits per heavy atom. The van der Waals surface area contributed by atoms with Crippen molar-refractivity contribution >= 4 is 34.3 Å². The van der Waals surface area contributed by atoms with Gasteiger partial charge in [-0.2, -0.15) is 0 Å². The van der Waals surface area contributed by atoms with Crippen LogP contribution in [0.2, 0.25) is 0 Å². The second kappa shape index (κ2) is 6.58. The molecule has 1 amide bonds. The zero-order valence-electron chi connectivity index (χ0n) is 10.2. The summed E-state index contributed by atoms with van der Waals surface area (Å²) in [5, 5.41) is 14.4. The summed E-state index contributed by atoms with van der Waals surface area (Å²) >= 11 is 2.09. The molecule has 0 saturated carbocycles. The summed E-state index contributed by atoms with van der Waals surface area (Å²) in [6.45, 7) is 3.78. The van der Waals surface area contributed by atoms with E-state index in [1.165, 1.54) is 0 Å². The van der Waals surface area contributed by atoms with Crippen molar-refractivity contribution in [2.45, 2.75) is 19.9 Å². The van der Waals surface area contributed by atoms with Gasteiger partial charge < -0.3 is 16.3 Å². The third kappa shape index (κ3) is 3.59. The van der Waals surface area contributed by atoms with Crippen LogP contribution in [0.5, 0.6) is 0 Å². The van der Waals surface area contributed by atoms with Gasteiger partial charge in [0.2, 0.25) is 0 Å². The lowest BCUT2D eigenvalue weighted by atomic mass is 10.0. The van der Waals surface area contributed by atoms with Crippen LogP contribution in [0.25, 0.3) is 0 Å². The molecule has 0 radical (unpaired) electrons. The summed E-state index contributed by atoms with van der Waals surface area (Å²) in [6, 6.07) is 6.76. The van der Waals surface area contributed by atoms with Gasteiger partial charge in [0.15, 0.2) is 5.84 Å². The molecule has 4 N–H and O–H groups in total. The van der Waals surface area contributed by atoms with E-state index in [1.807, 2.05) is 26.0 Å². The Bertz CT molecular complexity index is 460. The number of amidine groups is 1. The quantitative estimate of drug-likeness (QED) is 0.251. The average Bonchev–Trinajstić information content (AvgIpc) is 2.35. The molecule has 1 aromatic rings. The van der Waals surface area contributed by atoms with E-state index in [0.717, 1.165) is 3.57 Å². The van der Waals surface area contributed by atoms with E-state index in [0.29, 0.717) is 5.56 Å². The molecule has 0 fully saturated rings. The highest BCUT2D eigenvalue weighted by Crippen LogP contribution is 2.12.